The lowest BCUT2D eigenvalue weighted by Crippen LogP contribution is -2.37. The Morgan fingerprint density at radius 1 is 0.516 bits per heavy atom. The monoisotopic (exact) mass is 879 g/mol. The summed E-state index contributed by atoms with van der Waals surface area (Å²) in [6, 6.07) is 0. The first kappa shape index (κ1) is 57.9. The molecule has 0 fully saturated rings. The van der Waals surface area contributed by atoms with Crippen molar-refractivity contribution < 1.29 is 42.1 Å². The van der Waals surface area contributed by atoms with Crippen LogP contribution in [0.1, 0.15) is 117 Å². The maximum absolute atomic E-state index is 12.7. The van der Waals surface area contributed by atoms with Crippen LogP contribution in [0.25, 0.3) is 0 Å². The van der Waals surface area contributed by atoms with Gasteiger partial charge in [-0.25, -0.2) is 4.57 Å². The molecule has 0 saturated heterocycles. The number of allylic oxidation sites excluding steroid dienone is 23. The van der Waals surface area contributed by atoms with Crippen molar-refractivity contribution in [3.8, 4) is 0 Å². The number of carbonyl (C=O) groups excluding carboxylic acids is 2. The number of unbranched alkanes of at least 4 members (excludes halogenated alkanes) is 1. The third kappa shape index (κ3) is 45.4. The Hall–Kier alpha value is -4.11. The normalized spacial score (nSPS) is 14.9. The van der Waals surface area contributed by atoms with Crippen LogP contribution in [0.5, 0.6) is 0 Å². The Kier molecular flexibility index (Phi) is 39.4. The summed E-state index contributed by atoms with van der Waals surface area (Å²) in [5.41, 5.74) is 0. The molecule has 0 spiro atoms. The highest BCUT2D eigenvalue weighted by molar-refractivity contribution is 7.47. The second-order valence-corrected chi connectivity index (χ2v) is 16.8. The molecule has 0 aromatic heterocycles. The van der Waals surface area contributed by atoms with Gasteiger partial charge in [0.2, 0.25) is 0 Å². The fourth-order valence-electron chi connectivity index (χ4n) is 4.96. The molecule has 1 N–H and O–H groups in total. The van der Waals surface area contributed by atoms with Gasteiger partial charge >= 0.3 is 19.8 Å². The summed E-state index contributed by atoms with van der Waals surface area (Å²) in [6.45, 7) is 3.96. The summed E-state index contributed by atoms with van der Waals surface area (Å²) in [5, 5.41) is 0. The van der Waals surface area contributed by atoms with Crippen molar-refractivity contribution in [1.82, 2.24) is 0 Å². The number of ether oxygens (including phenoxy) is 2. The lowest BCUT2D eigenvalue weighted by molar-refractivity contribution is -0.870. The SMILES string of the molecule is CC/C=C\C/C=C\C/C=C\C/C=C\C/C=C\C/C=C\C/C=C\CCCC(=O)OC(COC(=O)C/C=C\C/C=C\C/C=C\C/C=C\C/C=C\CC)COP(=O)(O)OCC[N+](C)(C)C. The van der Waals surface area contributed by atoms with Gasteiger partial charge in [-0.2, -0.15) is 0 Å². The third-order valence-electron chi connectivity index (χ3n) is 8.40. The van der Waals surface area contributed by atoms with E-state index in [0.717, 1.165) is 70.6 Å². The summed E-state index contributed by atoms with van der Waals surface area (Å²) >= 11 is 0. The minimum absolute atomic E-state index is 0.00240. The second kappa shape index (κ2) is 42.2. The summed E-state index contributed by atoms with van der Waals surface area (Å²) in [4.78, 5) is 35.3. The number of hydrogen-bond donors (Lipinski definition) is 1. The lowest BCUT2D eigenvalue weighted by atomic mass is 10.2. The molecule has 9 nitrogen and oxygen atoms in total. The van der Waals surface area contributed by atoms with E-state index in [-0.39, 0.29) is 26.1 Å². The highest BCUT2D eigenvalue weighted by atomic mass is 31.2. The van der Waals surface area contributed by atoms with Gasteiger partial charge in [-0.15, -0.1) is 0 Å². The molecule has 0 aliphatic rings. The van der Waals surface area contributed by atoms with Gasteiger partial charge in [0.1, 0.15) is 19.8 Å². The summed E-state index contributed by atoms with van der Waals surface area (Å²) in [5.74, 6) is -1.03. The van der Waals surface area contributed by atoms with Gasteiger partial charge in [-0.3, -0.25) is 18.6 Å². The molecule has 0 aromatic carbocycles. The van der Waals surface area contributed by atoms with Crippen LogP contribution >= 0.6 is 7.82 Å². The van der Waals surface area contributed by atoms with E-state index in [4.69, 9.17) is 18.5 Å². The average molecular weight is 879 g/mol. The lowest BCUT2D eigenvalue weighted by Gasteiger charge is -2.24. The molecule has 0 amide bonds. The highest BCUT2D eigenvalue weighted by Gasteiger charge is 2.27. The van der Waals surface area contributed by atoms with Crippen molar-refractivity contribution in [2.24, 2.45) is 0 Å². The Labute approximate surface area is 376 Å². The first-order valence-corrected chi connectivity index (χ1v) is 24.1. The summed E-state index contributed by atoms with van der Waals surface area (Å²) < 4.78 is 34.1. The zero-order valence-electron chi connectivity index (χ0n) is 38.8. The number of hydrogen-bond acceptors (Lipinski definition) is 7. The number of rotatable bonds is 38. The van der Waals surface area contributed by atoms with E-state index >= 15 is 0 Å². The molecule has 0 aliphatic carbocycles. The zero-order valence-corrected chi connectivity index (χ0v) is 39.7. The maximum atomic E-state index is 12.7. The number of phosphoric ester groups is 1. The van der Waals surface area contributed by atoms with E-state index in [0.29, 0.717) is 30.3 Å². The number of quaternary nitrogens is 1. The predicted octanol–water partition coefficient (Wildman–Crippen LogP) is 13.2. The van der Waals surface area contributed by atoms with Gasteiger partial charge in [-0.1, -0.05) is 160 Å². The van der Waals surface area contributed by atoms with Gasteiger partial charge in [0.25, 0.3) is 0 Å². The van der Waals surface area contributed by atoms with Crippen LogP contribution in [0.4, 0.5) is 0 Å². The largest absolute Gasteiger partial charge is 0.472 e. The zero-order chi connectivity index (χ0) is 45.7. The van der Waals surface area contributed by atoms with Crippen LogP contribution in [0, 0.1) is 0 Å². The number of esters is 2. The van der Waals surface area contributed by atoms with Crippen LogP contribution in [0.2, 0.25) is 0 Å². The Morgan fingerprint density at radius 3 is 1.27 bits per heavy atom. The van der Waals surface area contributed by atoms with Crippen LogP contribution in [-0.4, -0.2) is 74.9 Å². The van der Waals surface area contributed by atoms with Gasteiger partial charge in [0.05, 0.1) is 34.2 Å². The summed E-state index contributed by atoms with van der Waals surface area (Å²) in [7, 11) is 1.36. The van der Waals surface area contributed by atoms with Crippen molar-refractivity contribution in [2.45, 2.75) is 123 Å². The molecule has 0 bridgehead atoms. The Balaban J connectivity index is 4.59. The van der Waals surface area contributed by atoms with Gasteiger partial charge in [0, 0.05) is 6.42 Å². The number of nitrogens with zero attached hydrogens (tertiary/aromatic N) is 1. The van der Waals surface area contributed by atoms with E-state index in [1.54, 1.807) is 6.08 Å². The molecular formula is C52H81NO8P+. The van der Waals surface area contributed by atoms with Crippen molar-refractivity contribution in [3.63, 3.8) is 0 Å². The minimum Gasteiger partial charge on any atom is -0.461 e. The first-order valence-electron chi connectivity index (χ1n) is 22.6. The van der Waals surface area contributed by atoms with E-state index in [2.05, 4.69) is 135 Å². The summed E-state index contributed by atoms with van der Waals surface area (Å²) in [6.07, 6.45) is 62.3. The number of carbonyl (C=O) groups is 2. The Morgan fingerprint density at radius 2 is 0.887 bits per heavy atom. The topological polar surface area (TPSA) is 108 Å². The molecule has 0 aliphatic heterocycles. The quantitative estimate of drug-likeness (QED) is 0.0215. The minimum atomic E-state index is -4.42. The van der Waals surface area contributed by atoms with E-state index in [9.17, 15) is 19.0 Å². The van der Waals surface area contributed by atoms with E-state index in [1.165, 1.54) is 0 Å². The van der Waals surface area contributed by atoms with Crippen molar-refractivity contribution in [3.05, 3.63) is 146 Å². The molecular weight excluding hydrogens is 798 g/mol. The smallest absolute Gasteiger partial charge is 0.461 e. The highest BCUT2D eigenvalue weighted by Crippen LogP contribution is 2.43. The predicted molar refractivity (Wildman–Crippen MR) is 260 cm³/mol. The molecule has 2 atom stereocenters. The molecule has 0 rings (SSSR count). The average Bonchev–Trinajstić information content (AvgIpc) is 3.23. The molecule has 0 aromatic rings. The standard InChI is InChI=1S/C52H80NO8P/c1-6-8-10-12-14-16-18-20-22-23-24-25-26-27-28-29-31-33-35-37-39-41-43-45-52(55)61-50(49-60-62(56,57)59-47-46-53(3,4)5)48-58-51(54)44-42-40-38-36-34-32-30-21-19-17-15-13-11-9-7-2/h8-11,14-17,20-22,24-25,27-28,30-31,33-34,36-37,39-40,42,50H,6-7,12-13,18-19,23,26,29,32,35,38,41,43-49H2,1-5H3/p+1/b10-8-,11-9-,16-14-,17-15-,22-20-,25-24-,28-27-,30-21-,33-31-,36-34-,39-37-,42-40-. The van der Waals surface area contributed by atoms with Gasteiger partial charge in [-0.05, 0) is 89.9 Å². The molecule has 346 valence electrons. The third-order valence-corrected chi connectivity index (χ3v) is 9.38. The van der Waals surface area contributed by atoms with Crippen molar-refractivity contribution in [1.29, 1.82) is 0 Å². The van der Waals surface area contributed by atoms with Crippen LogP contribution in [0.3, 0.4) is 0 Å². The fourth-order valence-corrected chi connectivity index (χ4v) is 5.70. The van der Waals surface area contributed by atoms with Crippen molar-refractivity contribution >= 4 is 19.8 Å². The van der Waals surface area contributed by atoms with E-state index in [1.807, 2.05) is 39.4 Å². The molecule has 62 heavy (non-hydrogen) atoms. The first-order chi connectivity index (χ1) is 30.0. The fraction of sp³-hybridized carbons (Fsp3) is 0.500. The molecule has 0 saturated carbocycles. The van der Waals surface area contributed by atoms with Crippen LogP contribution in [-0.2, 0) is 32.7 Å². The maximum Gasteiger partial charge on any atom is 0.472 e. The van der Waals surface area contributed by atoms with Gasteiger partial charge < -0.3 is 18.9 Å². The van der Waals surface area contributed by atoms with Crippen LogP contribution < -0.4 is 0 Å². The molecule has 10 heteroatoms. The van der Waals surface area contributed by atoms with Crippen molar-refractivity contribution in [2.75, 3.05) is 47.5 Å². The Bertz CT molecular complexity index is 1550. The number of likely N-dealkylation sites (N-methyl/N-ethyl adjacent to an activating group) is 1. The molecule has 0 radical (unpaired) electrons. The molecule has 2 unspecified atom stereocenters. The molecule has 0 heterocycles. The van der Waals surface area contributed by atoms with Gasteiger partial charge in [0.15, 0.2) is 6.10 Å². The van der Waals surface area contributed by atoms with E-state index < -0.39 is 32.5 Å². The van der Waals surface area contributed by atoms with Crippen LogP contribution in [0.15, 0.2) is 146 Å². The number of phosphoric acid groups is 1. The second-order valence-electron chi connectivity index (χ2n) is 15.3.